The van der Waals surface area contributed by atoms with Gasteiger partial charge in [-0.15, -0.1) is 0 Å². The van der Waals surface area contributed by atoms with Crippen LogP contribution in [0.15, 0.2) is 53.0 Å². The molecule has 1 aromatic heterocycles. The highest BCUT2D eigenvalue weighted by Crippen LogP contribution is 2.27. The van der Waals surface area contributed by atoms with E-state index in [2.05, 4.69) is 36.5 Å². The first-order valence-corrected chi connectivity index (χ1v) is 8.63. The van der Waals surface area contributed by atoms with Gasteiger partial charge in [-0.05, 0) is 49.7 Å². The summed E-state index contributed by atoms with van der Waals surface area (Å²) in [6, 6.07) is 15.6. The molecule has 6 heteroatoms. The van der Waals surface area contributed by atoms with E-state index in [1.165, 1.54) is 0 Å². The van der Waals surface area contributed by atoms with Gasteiger partial charge in [0.1, 0.15) is 11.6 Å². The normalized spacial score (nSPS) is 10.4. The molecule has 0 amide bonds. The minimum atomic E-state index is 0.541. The Labute approximate surface area is 155 Å². The van der Waals surface area contributed by atoms with Crippen molar-refractivity contribution in [1.29, 1.82) is 0 Å². The van der Waals surface area contributed by atoms with Gasteiger partial charge in [0, 0.05) is 21.9 Å². The Balaban J connectivity index is 1.86. The van der Waals surface area contributed by atoms with Crippen LogP contribution in [-0.2, 0) is 0 Å². The standard InChI is InChI=1S/C19H19BrN4O/c1-12-10-14(8-9-15(12)20)22-19-21-13(2)11-18(24-19)23-16-6-4-5-7-17(16)25-3/h4-11H,1-3H3,(H2,21,22,23,24). The molecule has 2 N–H and O–H groups in total. The molecule has 2 aromatic carbocycles. The van der Waals surface area contributed by atoms with Crippen molar-refractivity contribution >= 4 is 39.1 Å². The summed E-state index contributed by atoms with van der Waals surface area (Å²) in [6.45, 7) is 3.98. The average molecular weight is 399 g/mol. The van der Waals surface area contributed by atoms with Gasteiger partial charge in [0.25, 0.3) is 0 Å². The van der Waals surface area contributed by atoms with Crippen LogP contribution in [0.5, 0.6) is 5.75 Å². The van der Waals surface area contributed by atoms with Crippen LogP contribution < -0.4 is 15.4 Å². The van der Waals surface area contributed by atoms with E-state index < -0.39 is 0 Å². The second-order valence-electron chi connectivity index (χ2n) is 5.63. The molecule has 0 radical (unpaired) electrons. The van der Waals surface area contributed by atoms with Crippen molar-refractivity contribution in [1.82, 2.24) is 9.97 Å². The number of aromatic nitrogens is 2. The molecule has 0 spiro atoms. The molecule has 0 aliphatic carbocycles. The predicted octanol–water partition coefficient (Wildman–Crippen LogP) is 5.35. The zero-order chi connectivity index (χ0) is 17.8. The van der Waals surface area contributed by atoms with Crippen LogP contribution >= 0.6 is 15.9 Å². The van der Waals surface area contributed by atoms with E-state index in [0.717, 1.165) is 32.9 Å². The Morgan fingerprint density at radius 2 is 1.76 bits per heavy atom. The van der Waals surface area contributed by atoms with Crippen molar-refractivity contribution < 1.29 is 4.74 Å². The Bertz CT molecular complexity index is 898. The van der Waals surface area contributed by atoms with Gasteiger partial charge in [-0.2, -0.15) is 4.98 Å². The van der Waals surface area contributed by atoms with Crippen LogP contribution in [0.4, 0.5) is 23.1 Å². The zero-order valence-corrected chi connectivity index (χ0v) is 15.9. The number of halogens is 1. The van der Waals surface area contributed by atoms with Crippen LogP contribution in [-0.4, -0.2) is 17.1 Å². The summed E-state index contributed by atoms with van der Waals surface area (Å²) >= 11 is 3.51. The van der Waals surface area contributed by atoms with E-state index >= 15 is 0 Å². The lowest BCUT2D eigenvalue weighted by molar-refractivity contribution is 0.417. The number of anilines is 4. The first kappa shape index (κ1) is 17.2. The highest BCUT2D eigenvalue weighted by Gasteiger charge is 2.07. The molecule has 0 fully saturated rings. The third kappa shape index (κ3) is 4.28. The largest absolute Gasteiger partial charge is 0.495 e. The Hall–Kier alpha value is -2.60. The summed E-state index contributed by atoms with van der Waals surface area (Å²) in [5, 5.41) is 6.54. The van der Waals surface area contributed by atoms with Gasteiger partial charge in [0.2, 0.25) is 5.95 Å². The lowest BCUT2D eigenvalue weighted by Crippen LogP contribution is -2.03. The summed E-state index contributed by atoms with van der Waals surface area (Å²) < 4.78 is 6.44. The van der Waals surface area contributed by atoms with E-state index in [9.17, 15) is 0 Å². The molecule has 3 aromatic rings. The molecule has 3 rings (SSSR count). The molecule has 0 unspecified atom stereocenters. The summed E-state index contributed by atoms with van der Waals surface area (Å²) in [7, 11) is 1.65. The van der Waals surface area contributed by atoms with Crippen LogP contribution in [0, 0.1) is 13.8 Å². The van der Waals surface area contributed by atoms with Gasteiger partial charge in [0.05, 0.1) is 12.8 Å². The van der Waals surface area contributed by atoms with E-state index in [0.29, 0.717) is 11.8 Å². The number of rotatable bonds is 5. The Morgan fingerprint density at radius 3 is 2.52 bits per heavy atom. The van der Waals surface area contributed by atoms with Crippen molar-refractivity contribution in [3.63, 3.8) is 0 Å². The highest BCUT2D eigenvalue weighted by molar-refractivity contribution is 9.10. The fourth-order valence-corrected chi connectivity index (χ4v) is 2.67. The molecule has 128 valence electrons. The number of para-hydroxylation sites is 2. The number of hydrogen-bond acceptors (Lipinski definition) is 5. The molecule has 0 bridgehead atoms. The number of methoxy groups -OCH3 is 1. The molecular formula is C19H19BrN4O. The van der Waals surface area contributed by atoms with Gasteiger partial charge >= 0.3 is 0 Å². The molecule has 5 nitrogen and oxygen atoms in total. The van der Waals surface area contributed by atoms with E-state index in [-0.39, 0.29) is 0 Å². The van der Waals surface area contributed by atoms with Crippen molar-refractivity contribution in [2.45, 2.75) is 13.8 Å². The Kier molecular flexibility index (Phi) is 5.19. The molecule has 1 heterocycles. The summed E-state index contributed by atoms with van der Waals surface area (Å²) in [6.07, 6.45) is 0. The third-order valence-corrected chi connectivity index (χ3v) is 4.53. The molecule has 0 saturated heterocycles. The van der Waals surface area contributed by atoms with Gasteiger partial charge in [0.15, 0.2) is 0 Å². The fourth-order valence-electron chi connectivity index (χ4n) is 2.43. The minimum absolute atomic E-state index is 0.541. The SMILES string of the molecule is COc1ccccc1Nc1cc(C)nc(Nc2ccc(Br)c(C)c2)n1. The van der Waals surface area contributed by atoms with Crippen molar-refractivity contribution in [3.05, 3.63) is 64.3 Å². The number of nitrogens with one attached hydrogen (secondary N) is 2. The molecule has 0 aliphatic rings. The molecule has 0 aliphatic heterocycles. The first-order chi connectivity index (χ1) is 12.0. The summed E-state index contributed by atoms with van der Waals surface area (Å²) in [5.41, 5.74) is 3.80. The third-order valence-electron chi connectivity index (χ3n) is 3.64. The number of hydrogen-bond donors (Lipinski definition) is 2. The monoisotopic (exact) mass is 398 g/mol. The smallest absolute Gasteiger partial charge is 0.229 e. The van der Waals surface area contributed by atoms with Gasteiger partial charge in [-0.25, -0.2) is 4.98 Å². The lowest BCUT2D eigenvalue weighted by atomic mass is 10.2. The molecule has 0 atom stereocenters. The van der Waals surface area contributed by atoms with Crippen LogP contribution in [0.1, 0.15) is 11.3 Å². The van der Waals surface area contributed by atoms with Gasteiger partial charge in [-0.1, -0.05) is 28.1 Å². The molecule has 0 saturated carbocycles. The zero-order valence-electron chi connectivity index (χ0n) is 14.3. The average Bonchev–Trinajstić information content (AvgIpc) is 2.58. The van der Waals surface area contributed by atoms with E-state index in [1.54, 1.807) is 7.11 Å². The van der Waals surface area contributed by atoms with E-state index in [4.69, 9.17) is 4.74 Å². The van der Waals surface area contributed by atoms with Crippen molar-refractivity contribution in [2.24, 2.45) is 0 Å². The summed E-state index contributed by atoms with van der Waals surface area (Å²) in [4.78, 5) is 9.01. The second kappa shape index (κ2) is 7.53. The molecular weight excluding hydrogens is 380 g/mol. The van der Waals surface area contributed by atoms with Gasteiger partial charge < -0.3 is 15.4 Å². The van der Waals surface area contributed by atoms with Crippen molar-refractivity contribution in [2.75, 3.05) is 17.7 Å². The minimum Gasteiger partial charge on any atom is -0.495 e. The fraction of sp³-hybridized carbons (Fsp3) is 0.158. The summed E-state index contributed by atoms with van der Waals surface area (Å²) in [5.74, 6) is 2.00. The first-order valence-electron chi connectivity index (χ1n) is 7.84. The molecule has 25 heavy (non-hydrogen) atoms. The maximum absolute atomic E-state index is 5.37. The maximum Gasteiger partial charge on any atom is 0.229 e. The second-order valence-corrected chi connectivity index (χ2v) is 6.49. The number of ether oxygens (including phenoxy) is 1. The number of nitrogens with zero attached hydrogens (tertiary/aromatic N) is 2. The van der Waals surface area contributed by atoms with E-state index in [1.807, 2.05) is 62.4 Å². The topological polar surface area (TPSA) is 59.1 Å². The lowest BCUT2D eigenvalue weighted by Gasteiger charge is -2.12. The van der Waals surface area contributed by atoms with Crippen molar-refractivity contribution in [3.8, 4) is 5.75 Å². The van der Waals surface area contributed by atoms with Crippen LogP contribution in [0.3, 0.4) is 0 Å². The number of aryl methyl sites for hydroxylation is 2. The Morgan fingerprint density at radius 1 is 0.960 bits per heavy atom. The quantitative estimate of drug-likeness (QED) is 0.606. The van der Waals surface area contributed by atoms with Crippen LogP contribution in [0.25, 0.3) is 0 Å². The predicted molar refractivity (Wildman–Crippen MR) is 105 cm³/mol. The van der Waals surface area contributed by atoms with Gasteiger partial charge in [-0.3, -0.25) is 0 Å². The number of benzene rings is 2. The maximum atomic E-state index is 5.37. The van der Waals surface area contributed by atoms with Crippen LogP contribution in [0.2, 0.25) is 0 Å². The highest BCUT2D eigenvalue weighted by atomic mass is 79.9.